The number of benzene rings is 1. The van der Waals surface area contributed by atoms with Crippen LogP contribution >= 0.6 is 0 Å². The first kappa shape index (κ1) is 27.9. The third-order valence-corrected chi connectivity index (χ3v) is 8.15. The third kappa shape index (κ3) is 6.23. The van der Waals surface area contributed by atoms with E-state index < -0.39 is 5.60 Å². The van der Waals surface area contributed by atoms with Crippen molar-refractivity contribution in [3.05, 3.63) is 18.2 Å². The van der Waals surface area contributed by atoms with E-state index in [1.165, 1.54) is 0 Å². The molecule has 0 unspecified atom stereocenters. The molecule has 3 aliphatic heterocycles. The van der Waals surface area contributed by atoms with Crippen LogP contribution in [-0.2, 0) is 23.9 Å². The maximum Gasteiger partial charge on any atom is 0.270 e. The average Bonchev–Trinajstić information content (AvgIpc) is 3.77. The normalized spacial score (nSPS) is 25.0. The number of nitrogens with one attached hydrogen (secondary N) is 2. The van der Waals surface area contributed by atoms with E-state index in [1.54, 1.807) is 25.9 Å². The number of methoxy groups -OCH3 is 1. The van der Waals surface area contributed by atoms with Crippen molar-refractivity contribution in [2.45, 2.75) is 70.1 Å². The van der Waals surface area contributed by atoms with Gasteiger partial charge in [-0.3, -0.25) is 14.4 Å². The Kier molecular flexibility index (Phi) is 8.44. The Morgan fingerprint density at radius 3 is 2.62 bits per heavy atom. The summed E-state index contributed by atoms with van der Waals surface area (Å²) in [6.45, 7) is 7.07. The van der Waals surface area contributed by atoms with Gasteiger partial charge in [0, 0.05) is 64.3 Å². The molecular formula is C29H42N4O6. The zero-order valence-electron chi connectivity index (χ0n) is 23.4. The molecule has 3 heterocycles. The molecule has 1 aliphatic carbocycles. The molecule has 0 aromatic heterocycles. The molecule has 214 valence electrons. The molecule has 0 spiro atoms. The summed E-state index contributed by atoms with van der Waals surface area (Å²) >= 11 is 0. The molecule has 2 N–H and O–H groups in total. The smallest absolute Gasteiger partial charge is 0.270 e. The van der Waals surface area contributed by atoms with Gasteiger partial charge in [0.2, 0.25) is 11.8 Å². The van der Waals surface area contributed by atoms with E-state index in [9.17, 15) is 14.4 Å². The summed E-state index contributed by atoms with van der Waals surface area (Å²) in [7, 11) is 1.65. The summed E-state index contributed by atoms with van der Waals surface area (Å²) < 4.78 is 16.7. The summed E-state index contributed by atoms with van der Waals surface area (Å²) in [6, 6.07) is 5.97. The highest BCUT2D eigenvalue weighted by Gasteiger charge is 2.43. The van der Waals surface area contributed by atoms with Crippen molar-refractivity contribution >= 4 is 29.1 Å². The molecule has 0 bridgehead atoms. The van der Waals surface area contributed by atoms with Gasteiger partial charge in [0.15, 0.2) is 5.60 Å². The fourth-order valence-electron chi connectivity index (χ4n) is 5.83. The molecular weight excluding hydrogens is 500 g/mol. The summed E-state index contributed by atoms with van der Waals surface area (Å²) in [5.41, 5.74) is 0.478. The van der Waals surface area contributed by atoms with Gasteiger partial charge in [-0.1, -0.05) is 0 Å². The molecule has 1 aromatic carbocycles. The topological polar surface area (TPSA) is 109 Å². The molecule has 10 nitrogen and oxygen atoms in total. The quantitative estimate of drug-likeness (QED) is 0.461. The first-order valence-corrected chi connectivity index (χ1v) is 14.3. The van der Waals surface area contributed by atoms with E-state index in [4.69, 9.17) is 14.2 Å². The van der Waals surface area contributed by atoms with E-state index >= 15 is 0 Å². The van der Waals surface area contributed by atoms with Gasteiger partial charge in [-0.05, 0) is 70.6 Å². The van der Waals surface area contributed by atoms with Gasteiger partial charge in [-0.2, -0.15) is 0 Å². The highest BCUT2D eigenvalue weighted by atomic mass is 16.5. The zero-order valence-corrected chi connectivity index (χ0v) is 23.4. The third-order valence-electron chi connectivity index (χ3n) is 8.15. The average molecular weight is 543 g/mol. The number of anilines is 2. The van der Waals surface area contributed by atoms with Gasteiger partial charge in [-0.15, -0.1) is 0 Å². The second kappa shape index (κ2) is 11.8. The van der Waals surface area contributed by atoms with Crippen LogP contribution in [-0.4, -0.2) is 82.0 Å². The number of carbonyl (C=O) groups excluding carboxylic acids is 3. The summed E-state index contributed by atoms with van der Waals surface area (Å²) in [5.74, 6) is 0.0297. The lowest BCUT2D eigenvalue weighted by molar-refractivity contribution is -0.132. The molecule has 1 aromatic rings. The van der Waals surface area contributed by atoms with Gasteiger partial charge in [0.1, 0.15) is 5.75 Å². The predicted octanol–water partition coefficient (Wildman–Crippen LogP) is 2.24. The fourth-order valence-corrected chi connectivity index (χ4v) is 5.83. The van der Waals surface area contributed by atoms with Crippen molar-refractivity contribution in [2.75, 3.05) is 56.4 Å². The molecule has 3 amide bonds. The Hall–Kier alpha value is -2.69. The van der Waals surface area contributed by atoms with Crippen LogP contribution in [0.1, 0.15) is 52.4 Å². The summed E-state index contributed by atoms with van der Waals surface area (Å²) in [6.07, 6.45) is 4.75. The standard InChI is InChI=1S/C29H42N4O6/c1-29(2)28(36)32(11-4-12-37-3)24-16-23(7-8-25(24)39-29)33(22-5-6-22)27(35)20-15-19(17-30-18-20)26(34)31-21-9-13-38-14-10-21/h7-8,16,19-22,30H,4-6,9-15,17-18H2,1-3H3,(H,31,34)/t19-,20+/m0/s1. The number of nitrogens with zero attached hydrogens (tertiary/aromatic N) is 2. The second-order valence-electron chi connectivity index (χ2n) is 11.7. The second-order valence-corrected chi connectivity index (χ2v) is 11.7. The van der Waals surface area contributed by atoms with Gasteiger partial charge in [-0.25, -0.2) is 0 Å². The maximum absolute atomic E-state index is 14.0. The van der Waals surface area contributed by atoms with Crippen molar-refractivity contribution in [3.8, 4) is 5.75 Å². The first-order chi connectivity index (χ1) is 18.8. The van der Waals surface area contributed by atoms with Crippen molar-refractivity contribution in [1.82, 2.24) is 10.6 Å². The number of hydrogen-bond acceptors (Lipinski definition) is 7. The molecule has 10 heteroatoms. The van der Waals surface area contributed by atoms with E-state index in [1.807, 2.05) is 23.1 Å². The zero-order chi connectivity index (χ0) is 27.6. The lowest BCUT2D eigenvalue weighted by atomic mass is 9.88. The van der Waals surface area contributed by atoms with E-state index in [-0.39, 0.29) is 41.6 Å². The van der Waals surface area contributed by atoms with Crippen LogP contribution in [0.25, 0.3) is 0 Å². The van der Waals surface area contributed by atoms with Crippen LogP contribution in [0.3, 0.4) is 0 Å². The number of piperidine rings is 1. The Morgan fingerprint density at radius 1 is 1.15 bits per heavy atom. The fraction of sp³-hybridized carbons (Fsp3) is 0.690. The van der Waals surface area contributed by atoms with Crippen LogP contribution in [0.4, 0.5) is 11.4 Å². The Morgan fingerprint density at radius 2 is 1.90 bits per heavy atom. The molecule has 1 saturated carbocycles. The molecule has 3 fully saturated rings. The summed E-state index contributed by atoms with van der Waals surface area (Å²) in [5, 5.41) is 6.50. The van der Waals surface area contributed by atoms with Gasteiger partial charge in [0.05, 0.1) is 17.5 Å². The monoisotopic (exact) mass is 542 g/mol. The van der Waals surface area contributed by atoms with Gasteiger partial charge < -0.3 is 34.6 Å². The SMILES string of the molecule is COCCCN1C(=O)C(C)(C)Oc2ccc(N(C(=O)[C@H]3CNC[C@@H](C(=O)NC4CCOCC4)C3)C3CC3)cc21. The van der Waals surface area contributed by atoms with Crippen molar-refractivity contribution in [2.24, 2.45) is 11.8 Å². The van der Waals surface area contributed by atoms with Crippen LogP contribution in [0.5, 0.6) is 5.75 Å². The number of amides is 3. The Labute approximate surface area is 230 Å². The molecule has 4 aliphatic rings. The molecule has 39 heavy (non-hydrogen) atoms. The van der Waals surface area contributed by atoms with Crippen LogP contribution in [0.15, 0.2) is 18.2 Å². The molecule has 2 atom stereocenters. The number of ether oxygens (including phenoxy) is 3. The minimum atomic E-state index is -0.971. The van der Waals surface area contributed by atoms with Gasteiger partial charge >= 0.3 is 0 Å². The highest BCUT2D eigenvalue weighted by Crippen LogP contribution is 2.43. The molecule has 0 radical (unpaired) electrons. The maximum atomic E-state index is 14.0. The van der Waals surface area contributed by atoms with Crippen LogP contribution < -0.4 is 25.2 Å². The number of fused-ring (bicyclic) bond motifs is 1. The Bertz CT molecular complexity index is 1070. The van der Waals surface area contributed by atoms with E-state index in [0.29, 0.717) is 63.7 Å². The molecule has 2 saturated heterocycles. The van der Waals surface area contributed by atoms with E-state index in [0.717, 1.165) is 31.4 Å². The minimum absolute atomic E-state index is 0.0172. The van der Waals surface area contributed by atoms with E-state index in [2.05, 4.69) is 10.6 Å². The molecule has 5 rings (SSSR count). The van der Waals surface area contributed by atoms with Crippen molar-refractivity contribution in [3.63, 3.8) is 0 Å². The predicted molar refractivity (Wildman–Crippen MR) is 147 cm³/mol. The van der Waals surface area contributed by atoms with Crippen LogP contribution in [0.2, 0.25) is 0 Å². The lowest BCUT2D eigenvalue weighted by Crippen LogP contribution is -2.53. The Balaban J connectivity index is 1.33. The first-order valence-electron chi connectivity index (χ1n) is 14.3. The van der Waals surface area contributed by atoms with Crippen molar-refractivity contribution in [1.29, 1.82) is 0 Å². The number of hydrogen-bond donors (Lipinski definition) is 2. The number of rotatable bonds is 9. The number of carbonyl (C=O) groups is 3. The largest absolute Gasteiger partial charge is 0.476 e. The lowest BCUT2D eigenvalue weighted by Gasteiger charge is -2.40. The highest BCUT2D eigenvalue weighted by molar-refractivity contribution is 6.04. The van der Waals surface area contributed by atoms with Gasteiger partial charge in [0.25, 0.3) is 5.91 Å². The summed E-state index contributed by atoms with van der Waals surface area (Å²) in [4.78, 5) is 43.9. The van der Waals surface area contributed by atoms with Crippen LogP contribution in [0, 0.1) is 11.8 Å². The minimum Gasteiger partial charge on any atom is -0.476 e. The van der Waals surface area contributed by atoms with Crippen molar-refractivity contribution < 1.29 is 28.6 Å².